The van der Waals surface area contributed by atoms with Crippen molar-refractivity contribution in [2.75, 3.05) is 0 Å². The monoisotopic (exact) mass is 276 g/mol. The first kappa shape index (κ1) is 23.7. The molecule has 0 unspecified atom stereocenters. The van der Waals surface area contributed by atoms with Crippen LogP contribution >= 0.6 is 0 Å². The Hall–Kier alpha value is 0.630. The first-order valence-corrected chi connectivity index (χ1v) is 3.72. The number of carbonyl (C=O) groups excluding carboxylic acids is 3. The van der Waals surface area contributed by atoms with Gasteiger partial charge in [0, 0.05) is 16.7 Å². The quantitative estimate of drug-likeness (QED) is 0.505. The normalized spacial score (nSPS) is 8.00. The minimum Gasteiger partial charge on any atom is -0.545 e. The topological polar surface area (TPSA) is 120 Å². The maximum Gasteiger partial charge on any atom is 1.00 e. The summed E-state index contributed by atoms with van der Waals surface area (Å²) >= 11 is 0. The van der Waals surface area contributed by atoms with Crippen molar-refractivity contribution in [1.29, 1.82) is 0 Å². The fourth-order valence-corrected chi connectivity index (χ4v) is 1.11. The van der Waals surface area contributed by atoms with Crippen LogP contribution in [-0.2, 0) is 0 Å². The van der Waals surface area contributed by atoms with Crippen molar-refractivity contribution in [3.05, 3.63) is 34.9 Å². The van der Waals surface area contributed by atoms with Crippen molar-refractivity contribution in [2.45, 2.75) is 0 Å². The number of carboxylic acid groups (broad SMARTS) is 3. The van der Waals surface area contributed by atoms with Gasteiger partial charge in [-0.1, -0.05) is 18.2 Å². The van der Waals surface area contributed by atoms with Gasteiger partial charge in [0.2, 0.25) is 0 Å². The van der Waals surface area contributed by atoms with E-state index in [9.17, 15) is 29.7 Å². The second-order valence-electron chi connectivity index (χ2n) is 2.59. The van der Waals surface area contributed by atoms with Crippen LogP contribution in [0.3, 0.4) is 0 Å². The van der Waals surface area contributed by atoms with Gasteiger partial charge < -0.3 is 29.7 Å². The number of carboxylic acids is 3. The van der Waals surface area contributed by atoms with E-state index in [1.165, 1.54) is 0 Å². The Morgan fingerprint density at radius 1 is 0.722 bits per heavy atom. The van der Waals surface area contributed by atoms with E-state index in [0.29, 0.717) is 0 Å². The zero-order valence-electron chi connectivity index (χ0n) is 10.2. The molecule has 0 aliphatic rings. The summed E-state index contributed by atoms with van der Waals surface area (Å²) in [5, 5.41) is 31.5. The molecule has 0 amide bonds. The van der Waals surface area contributed by atoms with Gasteiger partial charge in [0.05, 0.1) is 17.9 Å². The van der Waals surface area contributed by atoms with Crippen LogP contribution in [-0.4, -0.2) is 17.9 Å². The molecule has 0 aromatic heterocycles. The van der Waals surface area contributed by atoms with Crippen LogP contribution in [0.4, 0.5) is 0 Å². The third-order valence-corrected chi connectivity index (χ3v) is 1.71. The van der Waals surface area contributed by atoms with Gasteiger partial charge >= 0.3 is 88.7 Å². The van der Waals surface area contributed by atoms with Gasteiger partial charge in [0.25, 0.3) is 0 Å². The van der Waals surface area contributed by atoms with Gasteiger partial charge in [-0.15, -0.1) is 0 Å². The van der Waals surface area contributed by atoms with Crippen molar-refractivity contribution in [3.63, 3.8) is 0 Å². The van der Waals surface area contributed by atoms with Gasteiger partial charge in [-0.2, -0.15) is 0 Å². The molecular formula is C9H3Na3O6. The molecule has 0 heterocycles. The molecule has 78 valence electrons. The van der Waals surface area contributed by atoms with Gasteiger partial charge in [0.15, 0.2) is 0 Å². The van der Waals surface area contributed by atoms with E-state index in [1.54, 1.807) is 0 Å². The van der Waals surface area contributed by atoms with Crippen molar-refractivity contribution >= 4 is 17.9 Å². The molecule has 9 heteroatoms. The number of carbonyl (C=O) groups is 3. The first-order valence-electron chi connectivity index (χ1n) is 3.72. The van der Waals surface area contributed by atoms with Gasteiger partial charge in [0.1, 0.15) is 0 Å². The number of benzene rings is 1. The number of aromatic carboxylic acids is 3. The van der Waals surface area contributed by atoms with Crippen LogP contribution in [0.15, 0.2) is 18.2 Å². The predicted molar refractivity (Wildman–Crippen MR) is 39.4 cm³/mol. The van der Waals surface area contributed by atoms with Crippen LogP contribution in [0.1, 0.15) is 31.1 Å². The van der Waals surface area contributed by atoms with Crippen molar-refractivity contribution in [2.24, 2.45) is 0 Å². The van der Waals surface area contributed by atoms with E-state index in [4.69, 9.17) is 0 Å². The van der Waals surface area contributed by atoms with Crippen LogP contribution in [0, 0.1) is 0 Å². The minimum atomic E-state index is -1.91. The van der Waals surface area contributed by atoms with Crippen molar-refractivity contribution < 1.29 is 118 Å². The Labute approximate surface area is 169 Å². The van der Waals surface area contributed by atoms with Crippen LogP contribution < -0.4 is 104 Å². The van der Waals surface area contributed by atoms with Crippen LogP contribution in [0.25, 0.3) is 0 Å². The Balaban J connectivity index is -0.000000750. The molecule has 0 spiro atoms. The van der Waals surface area contributed by atoms with E-state index in [2.05, 4.69) is 0 Å². The maximum absolute atomic E-state index is 10.6. The first-order chi connectivity index (χ1) is 6.95. The summed E-state index contributed by atoms with van der Waals surface area (Å²) in [6.45, 7) is 0. The average molecular weight is 276 g/mol. The summed E-state index contributed by atoms with van der Waals surface area (Å²) in [4.78, 5) is 31.5. The molecule has 0 bridgehead atoms. The molecule has 0 N–H and O–H groups in total. The van der Waals surface area contributed by atoms with Crippen molar-refractivity contribution in [1.82, 2.24) is 0 Å². The average Bonchev–Trinajstić information content (AvgIpc) is 2.16. The molecule has 6 nitrogen and oxygen atoms in total. The molecule has 0 saturated heterocycles. The molecule has 0 saturated carbocycles. The molecule has 18 heavy (non-hydrogen) atoms. The fraction of sp³-hybridized carbons (Fsp3) is 0. The van der Waals surface area contributed by atoms with Crippen LogP contribution in [0.2, 0.25) is 0 Å². The summed E-state index contributed by atoms with van der Waals surface area (Å²) in [5.41, 5.74) is -2.45. The van der Waals surface area contributed by atoms with E-state index in [1.807, 2.05) is 0 Å². The standard InChI is InChI=1S/C9H6O6.3Na/c10-7(11)4-2-1-3-5(8(12)13)6(4)9(14)15;;;/h1-3H,(H,10,11)(H,12,13)(H,14,15);;;/q;3*+1/p-3. The molecule has 0 fully saturated rings. The molecule has 1 aromatic carbocycles. The molecule has 1 rings (SSSR count). The Kier molecular flexibility index (Phi) is 13.7. The second-order valence-corrected chi connectivity index (χ2v) is 2.59. The molecule has 0 aliphatic carbocycles. The molecule has 0 radical (unpaired) electrons. The summed E-state index contributed by atoms with van der Waals surface area (Å²) < 4.78 is 0. The van der Waals surface area contributed by atoms with E-state index in [-0.39, 0.29) is 88.7 Å². The number of hydrogen-bond acceptors (Lipinski definition) is 6. The fourth-order valence-electron chi connectivity index (χ4n) is 1.11. The molecule has 1 aromatic rings. The van der Waals surface area contributed by atoms with Crippen LogP contribution in [0.5, 0.6) is 0 Å². The zero-order chi connectivity index (χ0) is 11.6. The largest absolute Gasteiger partial charge is 1.00 e. The number of rotatable bonds is 3. The SMILES string of the molecule is O=C([O-])c1cccc(C(=O)[O-])c1C(=O)[O-].[Na+].[Na+].[Na+]. The van der Waals surface area contributed by atoms with Gasteiger partial charge in [-0.3, -0.25) is 0 Å². The van der Waals surface area contributed by atoms with Crippen molar-refractivity contribution in [3.8, 4) is 0 Å². The Bertz CT molecular complexity index is 427. The smallest absolute Gasteiger partial charge is 0.545 e. The molecule has 0 atom stereocenters. The summed E-state index contributed by atoms with van der Waals surface area (Å²) in [6, 6.07) is 2.89. The zero-order valence-corrected chi connectivity index (χ0v) is 16.2. The Morgan fingerprint density at radius 3 is 1.28 bits per heavy atom. The third-order valence-electron chi connectivity index (χ3n) is 1.71. The van der Waals surface area contributed by atoms with Gasteiger partial charge in [-0.05, 0) is 0 Å². The molecule has 0 aliphatic heterocycles. The maximum atomic E-state index is 10.6. The third kappa shape index (κ3) is 5.73. The molecular weight excluding hydrogens is 273 g/mol. The predicted octanol–water partition coefficient (Wildman–Crippen LogP) is -12.2. The summed E-state index contributed by atoms with van der Waals surface area (Å²) in [7, 11) is 0. The second kappa shape index (κ2) is 10.4. The number of hydrogen-bond donors (Lipinski definition) is 0. The minimum absolute atomic E-state index is 0. The summed E-state index contributed by atoms with van der Waals surface area (Å²) in [6.07, 6.45) is 0. The van der Waals surface area contributed by atoms with E-state index in [0.717, 1.165) is 18.2 Å². The van der Waals surface area contributed by atoms with Gasteiger partial charge in [-0.25, -0.2) is 0 Å². The van der Waals surface area contributed by atoms with E-state index >= 15 is 0 Å². The Morgan fingerprint density at radius 2 is 1.06 bits per heavy atom. The summed E-state index contributed by atoms with van der Waals surface area (Å²) in [5.74, 6) is -5.50. The van der Waals surface area contributed by atoms with E-state index < -0.39 is 34.6 Å².